The lowest BCUT2D eigenvalue weighted by molar-refractivity contribution is 0.562. The third-order valence-electron chi connectivity index (χ3n) is 4.02. The number of aryl methyl sites for hydroxylation is 1. The predicted molar refractivity (Wildman–Crippen MR) is 85.7 cm³/mol. The first-order valence-electron chi connectivity index (χ1n) is 7.32. The van der Waals surface area contributed by atoms with Crippen LogP contribution in [0.25, 0.3) is 0 Å². The summed E-state index contributed by atoms with van der Waals surface area (Å²) in [5.74, 6) is -0.482. The number of nitrogens with zero attached hydrogens (tertiary/aromatic N) is 1. The van der Waals surface area contributed by atoms with Gasteiger partial charge in [0.2, 0.25) is 10.0 Å². The number of halogens is 1. The average molecular weight is 319 g/mol. The molecule has 0 N–H and O–H groups in total. The number of sulfonamides is 1. The molecule has 0 saturated carbocycles. The first-order valence-corrected chi connectivity index (χ1v) is 8.93. The van der Waals surface area contributed by atoms with Gasteiger partial charge >= 0.3 is 0 Å². The Bertz CT molecular complexity index is 772. The molecule has 5 heteroatoms. The molecule has 2 aromatic rings. The number of hydrogen-bond acceptors (Lipinski definition) is 2. The minimum atomic E-state index is -3.50. The molecule has 0 fully saturated rings. The number of anilines is 1. The van der Waals surface area contributed by atoms with Crippen molar-refractivity contribution in [1.29, 1.82) is 0 Å². The monoisotopic (exact) mass is 319 g/mol. The lowest BCUT2D eigenvalue weighted by atomic mass is 9.99. The predicted octanol–water partition coefficient (Wildman–Crippen LogP) is 3.50. The Labute approximate surface area is 130 Å². The second kappa shape index (κ2) is 5.72. The highest BCUT2D eigenvalue weighted by Crippen LogP contribution is 2.33. The second-order valence-corrected chi connectivity index (χ2v) is 7.54. The van der Waals surface area contributed by atoms with Crippen molar-refractivity contribution in [3.63, 3.8) is 0 Å². The van der Waals surface area contributed by atoms with Crippen LogP contribution in [-0.2, 0) is 22.2 Å². The summed E-state index contributed by atoms with van der Waals surface area (Å²) in [5.41, 5.74) is 2.42. The fourth-order valence-corrected chi connectivity index (χ4v) is 4.83. The van der Waals surface area contributed by atoms with E-state index in [1.807, 2.05) is 31.2 Å². The van der Waals surface area contributed by atoms with Crippen LogP contribution >= 0.6 is 0 Å². The van der Waals surface area contributed by atoms with Gasteiger partial charge in [0.15, 0.2) is 0 Å². The minimum absolute atomic E-state index is 0.0691. The van der Waals surface area contributed by atoms with Crippen LogP contribution in [0, 0.1) is 5.82 Å². The van der Waals surface area contributed by atoms with Crippen LogP contribution in [0.4, 0.5) is 10.1 Å². The Morgan fingerprint density at radius 2 is 1.82 bits per heavy atom. The fraction of sp³-hybridized carbons (Fsp3) is 0.294. The van der Waals surface area contributed by atoms with Crippen LogP contribution in [0.1, 0.15) is 24.5 Å². The van der Waals surface area contributed by atoms with E-state index in [0.717, 1.165) is 24.1 Å². The van der Waals surface area contributed by atoms with E-state index >= 15 is 0 Å². The van der Waals surface area contributed by atoms with E-state index in [-0.39, 0.29) is 17.6 Å². The molecule has 1 heterocycles. The first kappa shape index (κ1) is 15.0. The van der Waals surface area contributed by atoms with Gasteiger partial charge in [-0.1, -0.05) is 30.3 Å². The van der Waals surface area contributed by atoms with Gasteiger partial charge in [-0.2, -0.15) is 0 Å². The molecular weight excluding hydrogens is 301 g/mol. The van der Waals surface area contributed by atoms with E-state index in [0.29, 0.717) is 5.56 Å². The van der Waals surface area contributed by atoms with Gasteiger partial charge in [0.1, 0.15) is 5.82 Å². The van der Waals surface area contributed by atoms with Crippen LogP contribution in [0.2, 0.25) is 0 Å². The zero-order valence-electron chi connectivity index (χ0n) is 12.4. The molecule has 1 aliphatic heterocycles. The summed E-state index contributed by atoms with van der Waals surface area (Å²) in [6, 6.07) is 13.2. The Kier molecular flexibility index (Phi) is 3.91. The molecule has 0 spiro atoms. The van der Waals surface area contributed by atoms with E-state index in [9.17, 15) is 12.8 Å². The molecule has 1 atom stereocenters. The lowest BCUT2D eigenvalue weighted by Gasteiger charge is -2.36. The van der Waals surface area contributed by atoms with Crippen molar-refractivity contribution in [3.8, 4) is 0 Å². The summed E-state index contributed by atoms with van der Waals surface area (Å²) in [7, 11) is -3.50. The first-order chi connectivity index (χ1) is 10.5. The third-order valence-corrected chi connectivity index (χ3v) is 5.88. The smallest absolute Gasteiger partial charge is 0.239 e. The van der Waals surface area contributed by atoms with Crippen molar-refractivity contribution in [3.05, 3.63) is 65.5 Å². The van der Waals surface area contributed by atoms with E-state index < -0.39 is 10.0 Å². The number of hydrogen-bond donors (Lipinski definition) is 0. The van der Waals surface area contributed by atoms with Crippen LogP contribution in [0.3, 0.4) is 0 Å². The fourth-order valence-electron chi connectivity index (χ4n) is 2.94. The highest BCUT2D eigenvalue weighted by Gasteiger charge is 2.32. The molecule has 3 rings (SSSR count). The molecule has 116 valence electrons. The van der Waals surface area contributed by atoms with Gasteiger partial charge in [0, 0.05) is 6.04 Å². The van der Waals surface area contributed by atoms with Gasteiger partial charge in [0.05, 0.1) is 11.4 Å². The van der Waals surface area contributed by atoms with Gasteiger partial charge in [-0.05, 0) is 49.1 Å². The molecule has 2 aromatic carbocycles. The summed E-state index contributed by atoms with van der Waals surface area (Å²) < 4.78 is 40.2. The van der Waals surface area contributed by atoms with Gasteiger partial charge in [-0.25, -0.2) is 12.8 Å². The molecule has 3 nitrogen and oxygen atoms in total. The van der Waals surface area contributed by atoms with Crippen molar-refractivity contribution in [2.45, 2.75) is 31.6 Å². The zero-order chi connectivity index (χ0) is 15.7. The summed E-state index contributed by atoms with van der Waals surface area (Å²) >= 11 is 0. The minimum Gasteiger partial charge on any atom is -0.267 e. The Morgan fingerprint density at radius 1 is 1.14 bits per heavy atom. The highest BCUT2D eigenvalue weighted by atomic mass is 32.2. The number of fused-ring (bicyclic) bond motifs is 1. The lowest BCUT2D eigenvalue weighted by Crippen LogP contribution is -2.42. The Morgan fingerprint density at radius 3 is 2.55 bits per heavy atom. The van der Waals surface area contributed by atoms with Gasteiger partial charge in [-0.15, -0.1) is 0 Å². The molecule has 0 radical (unpaired) electrons. The number of benzene rings is 2. The van der Waals surface area contributed by atoms with E-state index in [1.54, 1.807) is 0 Å². The molecule has 0 aromatic heterocycles. The topological polar surface area (TPSA) is 37.4 Å². The van der Waals surface area contributed by atoms with Crippen LogP contribution < -0.4 is 4.31 Å². The Hall–Kier alpha value is -1.88. The molecule has 0 aliphatic carbocycles. The van der Waals surface area contributed by atoms with Crippen molar-refractivity contribution >= 4 is 15.7 Å². The summed E-state index contributed by atoms with van der Waals surface area (Å²) in [5, 5.41) is 0. The van der Waals surface area contributed by atoms with E-state index in [2.05, 4.69) is 0 Å². The van der Waals surface area contributed by atoms with Crippen molar-refractivity contribution in [2.24, 2.45) is 0 Å². The van der Waals surface area contributed by atoms with Crippen molar-refractivity contribution in [1.82, 2.24) is 0 Å². The quantitative estimate of drug-likeness (QED) is 0.868. The van der Waals surface area contributed by atoms with Crippen molar-refractivity contribution < 1.29 is 12.8 Å². The largest absolute Gasteiger partial charge is 0.267 e. The van der Waals surface area contributed by atoms with Crippen molar-refractivity contribution in [2.75, 3.05) is 4.31 Å². The molecule has 22 heavy (non-hydrogen) atoms. The van der Waals surface area contributed by atoms with Gasteiger partial charge in [0.25, 0.3) is 0 Å². The maximum atomic E-state index is 13.0. The van der Waals surface area contributed by atoms with E-state index in [4.69, 9.17) is 0 Å². The zero-order valence-corrected chi connectivity index (χ0v) is 13.2. The van der Waals surface area contributed by atoms with Gasteiger partial charge in [-0.3, -0.25) is 4.31 Å². The standard InChI is InChI=1S/C17H18FNO2S/c1-13-6-9-15-4-2-3-5-17(15)19(13)22(20,21)12-14-7-10-16(18)11-8-14/h2-5,7-8,10-11,13H,6,9,12H2,1H3. The molecule has 0 bridgehead atoms. The normalized spacial score (nSPS) is 18.1. The van der Waals surface area contributed by atoms with Crippen LogP contribution in [0.5, 0.6) is 0 Å². The Balaban J connectivity index is 1.96. The maximum absolute atomic E-state index is 13.0. The molecule has 0 saturated heterocycles. The number of rotatable bonds is 3. The highest BCUT2D eigenvalue weighted by molar-refractivity contribution is 7.92. The summed E-state index contributed by atoms with van der Waals surface area (Å²) in [6.45, 7) is 1.93. The maximum Gasteiger partial charge on any atom is 0.239 e. The van der Waals surface area contributed by atoms with Gasteiger partial charge < -0.3 is 0 Å². The average Bonchev–Trinajstić information content (AvgIpc) is 2.49. The second-order valence-electron chi connectivity index (χ2n) is 5.69. The molecule has 1 aliphatic rings. The number of para-hydroxylation sites is 1. The van der Waals surface area contributed by atoms with Crippen LogP contribution in [0.15, 0.2) is 48.5 Å². The van der Waals surface area contributed by atoms with Crippen LogP contribution in [-0.4, -0.2) is 14.5 Å². The summed E-state index contributed by atoms with van der Waals surface area (Å²) in [6.07, 6.45) is 1.69. The molecular formula is C17H18FNO2S. The SMILES string of the molecule is CC1CCc2ccccc2N1S(=O)(=O)Cc1ccc(F)cc1. The molecule has 1 unspecified atom stereocenters. The van der Waals surface area contributed by atoms with E-state index in [1.165, 1.54) is 28.6 Å². The third kappa shape index (κ3) is 2.86. The molecule has 0 amide bonds. The summed E-state index contributed by atoms with van der Waals surface area (Å²) in [4.78, 5) is 0.